The SMILES string of the molecule is CC[Si](C)(C)c1cnccc1C. The van der Waals surface area contributed by atoms with Gasteiger partial charge in [0.05, 0.1) is 8.07 Å². The molecule has 0 radical (unpaired) electrons. The van der Waals surface area contributed by atoms with Gasteiger partial charge in [0.1, 0.15) is 0 Å². The first-order valence-corrected chi connectivity index (χ1v) is 7.69. The van der Waals surface area contributed by atoms with Crippen molar-refractivity contribution in [1.29, 1.82) is 0 Å². The molecule has 1 rings (SSSR count). The Morgan fingerprint density at radius 3 is 2.58 bits per heavy atom. The second-order valence-corrected chi connectivity index (χ2v) is 8.94. The zero-order valence-corrected chi connectivity index (χ0v) is 9.39. The lowest BCUT2D eigenvalue weighted by molar-refractivity contribution is 1.28. The molecule has 0 aliphatic rings. The van der Waals surface area contributed by atoms with Gasteiger partial charge in [-0.1, -0.05) is 26.1 Å². The van der Waals surface area contributed by atoms with Crippen LogP contribution in [-0.4, -0.2) is 13.1 Å². The molecule has 0 saturated heterocycles. The Morgan fingerprint density at radius 1 is 1.42 bits per heavy atom. The van der Waals surface area contributed by atoms with Crippen molar-refractivity contribution in [3.8, 4) is 0 Å². The number of aryl methyl sites for hydroxylation is 1. The van der Waals surface area contributed by atoms with Gasteiger partial charge < -0.3 is 0 Å². The van der Waals surface area contributed by atoms with Gasteiger partial charge >= 0.3 is 0 Å². The fraction of sp³-hybridized carbons (Fsp3) is 0.500. The quantitative estimate of drug-likeness (QED) is 0.635. The van der Waals surface area contributed by atoms with Crippen LogP contribution >= 0.6 is 0 Å². The number of aromatic nitrogens is 1. The second kappa shape index (κ2) is 3.40. The summed E-state index contributed by atoms with van der Waals surface area (Å²) < 4.78 is 0. The molecule has 0 atom stereocenters. The van der Waals surface area contributed by atoms with Crippen molar-refractivity contribution in [2.45, 2.75) is 33.0 Å². The highest BCUT2D eigenvalue weighted by molar-refractivity contribution is 6.90. The summed E-state index contributed by atoms with van der Waals surface area (Å²) in [5.41, 5.74) is 1.41. The maximum Gasteiger partial charge on any atom is 0.0827 e. The lowest BCUT2D eigenvalue weighted by Crippen LogP contribution is -2.42. The molecule has 1 heterocycles. The number of nitrogens with zero attached hydrogens (tertiary/aromatic N) is 1. The van der Waals surface area contributed by atoms with Crippen molar-refractivity contribution < 1.29 is 0 Å². The zero-order chi connectivity index (χ0) is 9.19. The van der Waals surface area contributed by atoms with Crippen LogP contribution in [-0.2, 0) is 0 Å². The largest absolute Gasteiger partial charge is 0.265 e. The summed E-state index contributed by atoms with van der Waals surface area (Å²) in [4.78, 5) is 4.19. The van der Waals surface area contributed by atoms with Crippen LogP contribution in [0.2, 0.25) is 19.1 Å². The number of hydrogen-bond acceptors (Lipinski definition) is 1. The molecule has 66 valence electrons. The van der Waals surface area contributed by atoms with Gasteiger partial charge in [-0.05, 0) is 23.7 Å². The number of hydrogen-bond donors (Lipinski definition) is 0. The average molecular weight is 179 g/mol. The summed E-state index contributed by atoms with van der Waals surface area (Å²) in [5, 5.41) is 1.51. The Kier molecular flexibility index (Phi) is 2.68. The van der Waals surface area contributed by atoms with E-state index in [1.807, 2.05) is 12.4 Å². The lowest BCUT2D eigenvalue weighted by atomic mass is 10.3. The second-order valence-electron chi connectivity index (χ2n) is 3.93. The predicted octanol–water partition coefficient (Wildman–Crippen LogP) is 2.33. The summed E-state index contributed by atoms with van der Waals surface area (Å²) in [6.07, 6.45) is 3.92. The summed E-state index contributed by atoms with van der Waals surface area (Å²) >= 11 is 0. The van der Waals surface area contributed by atoms with Crippen LogP contribution in [0, 0.1) is 6.92 Å². The standard InChI is InChI=1S/C10H17NSi/c1-5-12(3,4)10-8-11-7-6-9(10)2/h6-8H,5H2,1-4H3. The summed E-state index contributed by atoms with van der Waals surface area (Å²) in [5.74, 6) is 0. The number of rotatable bonds is 2. The molecule has 1 aromatic heterocycles. The fourth-order valence-corrected chi connectivity index (χ4v) is 3.32. The molecule has 0 aliphatic carbocycles. The van der Waals surface area contributed by atoms with E-state index in [-0.39, 0.29) is 0 Å². The van der Waals surface area contributed by atoms with E-state index in [0.717, 1.165) is 0 Å². The Labute approximate surface area is 75.9 Å². The molecule has 0 saturated carbocycles. The molecule has 0 fully saturated rings. The third kappa shape index (κ3) is 1.75. The van der Waals surface area contributed by atoms with Crippen LogP contribution in [0.3, 0.4) is 0 Å². The monoisotopic (exact) mass is 179 g/mol. The molecular formula is C10H17NSi. The van der Waals surface area contributed by atoms with E-state index >= 15 is 0 Å². The van der Waals surface area contributed by atoms with Crippen molar-refractivity contribution in [2.24, 2.45) is 0 Å². The van der Waals surface area contributed by atoms with Gasteiger partial charge in [-0.15, -0.1) is 0 Å². The van der Waals surface area contributed by atoms with Crippen LogP contribution in [0.5, 0.6) is 0 Å². The van der Waals surface area contributed by atoms with Gasteiger partial charge in [0.15, 0.2) is 0 Å². The van der Waals surface area contributed by atoms with Crippen LogP contribution in [0.4, 0.5) is 0 Å². The first kappa shape index (κ1) is 9.45. The maximum atomic E-state index is 4.19. The first-order valence-electron chi connectivity index (χ1n) is 4.49. The molecule has 12 heavy (non-hydrogen) atoms. The van der Waals surface area contributed by atoms with Gasteiger partial charge in [-0.2, -0.15) is 0 Å². The molecule has 0 N–H and O–H groups in total. The van der Waals surface area contributed by atoms with E-state index < -0.39 is 8.07 Å². The average Bonchev–Trinajstić information content (AvgIpc) is 2.05. The fourth-order valence-electron chi connectivity index (χ4n) is 1.36. The Bertz CT molecular complexity index is 268. The molecule has 0 aromatic carbocycles. The topological polar surface area (TPSA) is 12.9 Å². The molecule has 2 heteroatoms. The van der Waals surface area contributed by atoms with E-state index in [2.05, 4.69) is 38.0 Å². The minimum Gasteiger partial charge on any atom is -0.265 e. The highest BCUT2D eigenvalue weighted by atomic mass is 28.3. The highest BCUT2D eigenvalue weighted by Crippen LogP contribution is 2.10. The van der Waals surface area contributed by atoms with Crippen molar-refractivity contribution in [3.63, 3.8) is 0 Å². The molecule has 0 spiro atoms. The van der Waals surface area contributed by atoms with E-state index in [0.29, 0.717) is 0 Å². The Hall–Kier alpha value is -0.633. The maximum absolute atomic E-state index is 4.19. The van der Waals surface area contributed by atoms with Gasteiger partial charge in [0.2, 0.25) is 0 Å². The molecular weight excluding hydrogens is 162 g/mol. The Balaban J connectivity index is 3.10. The normalized spacial score (nSPS) is 11.7. The van der Waals surface area contributed by atoms with Gasteiger partial charge in [0, 0.05) is 12.4 Å². The number of pyridine rings is 1. The third-order valence-corrected chi connectivity index (χ3v) is 6.40. The van der Waals surface area contributed by atoms with Crippen molar-refractivity contribution in [3.05, 3.63) is 24.0 Å². The van der Waals surface area contributed by atoms with Crippen LogP contribution in [0.25, 0.3) is 0 Å². The molecule has 0 unspecified atom stereocenters. The van der Waals surface area contributed by atoms with Crippen molar-refractivity contribution in [1.82, 2.24) is 4.98 Å². The van der Waals surface area contributed by atoms with Crippen molar-refractivity contribution in [2.75, 3.05) is 0 Å². The summed E-state index contributed by atoms with van der Waals surface area (Å²) in [7, 11) is -1.16. The Morgan fingerprint density at radius 2 is 2.08 bits per heavy atom. The molecule has 1 aromatic rings. The van der Waals surface area contributed by atoms with Gasteiger partial charge in [-0.25, -0.2) is 0 Å². The summed E-state index contributed by atoms with van der Waals surface area (Å²) in [6.45, 7) is 9.26. The minimum absolute atomic E-state index is 1.16. The van der Waals surface area contributed by atoms with Crippen LogP contribution in [0.1, 0.15) is 12.5 Å². The molecule has 0 bridgehead atoms. The smallest absolute Gasteiger partial charge is 0.0827 e. The van der Waals surface area contributed by atoms with Gasteiger partial charge in [-0.3, -0.25) is 4.98 Å². The summed E-state index contributed by atoms with van der Waals surface area (Å²) in [6, 6.07) is 3.40. The van der Waals surface area contributed by atoms with Gasteiger partial charge in [0.25, 0.3) is 0 Å². The first-order chi connectivity index (χ1) is 5.58. The van der Waals surface area contributed by atoms with E-state index in [1.165, 1.54) is 16.8 Å². The van der Waals surface area contributed by atoms with Crippen LogP contribution in [0.15, 0.2) is 18.5 Å². The molecule has 1 nitrogen and oxygen atoms in total. The molecule has 0 amide bonds. The van der Waals surface area contributed by atoms with Crippen molar-refractivity contribution >= 4 is 13.3 Å². The van der Waals surface area contributed by atoms with Crippen LogP contribution < -0.4 is 5.19 Å². The third-order valence-electron chi connectivity index (χ3n) is 2.65. The highest BCUT2D eigenvalue weighted by Gasteiger charge is 2.22. The lowest BCUT2D eigenvalue weighted by Gasteiger charge is -2.22. The van der Waals surface area contributed by atoms with E-state index in [9.17, 15) is 0 Å². The zero-order valence-electron chi connectivity index (χ0n) is 8.39. The molecule has 0 aliphatic heterocycles. The van der Waals surface area contributed by atoms with E-state index in [1.54, 1.807) is 0 Å². The van der Waals surface area contributed by atoms with E-state index in [4.69, 9.17) is 0 Å². The predicted molar refractivity (Wildman–Crippen MR) is 56.6 cm³/mol. The minimum atomic E-state index is -1.16.